The Morgan fingerprint density at radius 2 is 1.86 bits per heavy atom. The lowest BCUT2D eigenvalue weighted by molar-refractivity contribution is -0.131. The molecule has 7 nitrogen and oxygen atoms in total. The summed E-state index contributed by atoms with van der Waals surface area (Å²) in [5.41, 5.74) is 0.460. The molecular weight excluding hydrogens is 380 g/mol. The van der Waals surface area contributed by atoms with Gasteiger partial charge in [-0.05, 0) is 57.0 Å². The van der Waals surface area contributed by atoms with Crippen LogP contribution in [0.3, 0.4) is 0 Å². The molecule has 2 saturated heterocycles. The van der Waals surface area contributed by atoms with Crippen LogP contribution in [0, 0.1) is 0 Å². The third kappa shape index (κ3) is 5.52. The van der Waals surface area contributed by atoms with Crippen molar-refractivity contribution in [3.63, 3.8) is 0 Å². The molecule has 8 heteroatoms. The van der Waals surface area contributed by atoms with Crippen LogP contribution >= 0.6 is 11.6 Å². The van der Waals surface area contributed by atoms with Crippen molar-refractivity contribution < 1.29 is 14.3 Å². The number of hydrogen-bond donors (Lipinski definition) is 2. The van der Waals surface area contributed by atoms with E-state index in [1.807, 2.05) is 4.90 Å². The third-order valence-corrected chi connectivity index (χ3v) is 5.77. The molecular formula is C20H29ClN4O3. The second-order valence-electron chi connectivity index (χ2n) is 7.36. The first kappa shape index (κ1) is 20.7. The van der Waals surface area contributed by atoms with Gasteiger partial charge in [-0.25, -0.2) is 4.79 Å². The minimum absolute atomic E-state index is 0.0247. The highest BCUT2D eigenvalue weighted by Gasteiger charge is 2.27. The van der Waals surface area contributed by atoms with Crippen molar-refractivity contribution in [2.75, 3.05) is 45.2 Å². The highest BCUT2D eigenvalue weighted by Crippen LogP contribution is 2.27. The van der Waals surface area contributed by atoms with Crippen molar-refractivity contribution >= 4 is 29.2 Å². The van der Waals surface area contributed by atoms with Gasteiger partial charge in [0.15, 0.2) is 0 Å². The zero-order chi connectivity index (χ0) is 19.9. The fraction of sp³-hybridized carbons (Fsp3) is 0.600. The predicted octanol–water partition coefficient (Wildman–Crippen LogP) is 2.95. The number of urea groups is 1. The maximum absolute atomic E-state index is 12.4. The maximum atomic E-state index is 12.4. The average Bonchev–Trinajstić information content (AvgIpc) is 2.73. The SMILES string of the molecule is COc1ccc(Cl)cc1NC(=O)NCC(=O)N1CCC(N2CCCCC2)CC1. The van der Waals surface area contributed by atoms with Crippen LogP contribution in [0.1, 0.15) is 32.1 Å². The number of amides is 3. The first-order valence-electron chi connectivity index (χ1n) is 9.97. The van der Waals surface area contributed by atoms with E-state index in [4.69, 9.17) is 16.3 Å². The molecule has 1 aromatic rings. The molecule has 0 unspecified atom stereocenters. The molecule has 0 aliphatic carbocycles. The minimum atomic E-state index is -0.461. The van der Waals surface area contributed by atoms with Crippen LogP contribution in [0.5, 0.6) is 5.75 Å². The second kappa shape index (κ2) is 9.98. The molecule has 2 aliphatic heterocycles. The largest absolute Gasteiger partial charge is 0.495 e. The van der Waals surface area contributed by atoms with E-state index in [2.05, 4.69) is 15.5 Å². The van der Waals surface area contributed by atoms with Crippen molar-refractivity contribution in [1.29, 1.82) is 0 Å². The summed E-state index contributed by atoms with van der Waals surface area (Å²) in [6.45, 7) is 3.86. The molecule has 0 atom stereocenters. The predicted molar refractivity (Wildman–Crippen MR) is 110 cm³/mol. The van der Waals surface area contributed by atoms with Crippen LogP contribution in [-0.4, -0.2) is 67.6 Å². The molecule has 2 aliphatic rings. The van der Waals surface area contributed by atoms with Gasteiger partial charge in [0.05, 0.1) is 19.3 Å². The van der Waals surface area contributed by atoms with Crippen LogP contribution in [0.15, 0.2) is 18.2 Å². The fourth-order valence-electron chi connectivity index (χ4n) is 3.98. The average molecular weight is 409 g/mol. The normalized spacial score (nSPS) is 18.6. The van der Waals surface area contributed by atoms with Crippen molar-refractivity contribution in [3.05, 3.63) is 23.2 Å². The number of hydrogen-bond acceptors (Lipinski definition) is 4. The number of carbonyl (C=O) groups is 2. The van der Waals surface area contributed by atoms with E-state index in [0.29, 0.717) is 22.5 Å². The molecule has 3 amide bonds. The molecule has 0 radical (unpaired) electrons. The number of likely N-dealkylation sites (tertiary alicyclic amines) is 2. The quantitative estimate of drug-likeness (QED) is 0.785. The summed E-state index contributed by atoms with van der Waals surface area (Å²) in [6, 6.07) is 5.09. The Bertz CT molecular complexity index is 686. The lowest BCUT2D eigenvalue weighted by Gasteiger charge is -2.40. The molecule has 2 fully saturated rings. The van der Waals surface area contributed by atoms with E-state index < -0.39 is 6.03 Å². The first-order chi connectivity index (χ1) is 13.6. The Labute approximate surface area is 171 Å². The Morgan fingerprint density at radius 3 is 2.54 bits per heavy atom. The lowest BCUT2D eigenvalue weighted by Crippen LogP contribution is -2.50. The summed E-state index contributed by atoms with van der Waals surface area (Å²) >= 11 is 5.96. The first-order valence-corrected chi connectivity index (χ1v) is 10.3. The number of piperidine rings is 2. The number of benzene rings is 1. The number of nitrogens with zero attached hydrogens (tertiary/aromatic N) is 2. The van der Waals surface area contributed by atoms with Crippen LogP contribution < -0.4 is 15.4 Å². The van der Waals surface area contributed by atoms with Gasteiger partial charge in [0.25, 0.3) is 0 Å². The van der Waals surface area contributed by atoms with Gasteiger partial charge in [-0.3, -0.25) is 4.79 Å². The summed E-state index contributed by atoms with van der Waals surface area (Å²) < 4.78 is 5.20. The summed E-state index contributed by atoms with van der Waals surface area (Å²) in [7, 11) is 1.52. The van der Waals surface area contributed by atoms with Crippen molar-refractivity contribution in [3.8, 4) is 5.75 Å². The van der Waals surface area contributed by atoms with Gasteiger partial charge in [-0.15, -0.1) is 0 Å². The molecule has 3 rings (SSSR count). The van der Waals surface area contributed by atoms with Crippen molar-refractivity contribution in [2.45, 2.75) is 38.1 Å². The Balaban J connectivity index is 1.42. The molecule has 0 aromatic heterocycles. The van der Waals surface area contributed by atoms with E-state index in [1.165, 1.54) is 39.5 Å². The molecule has 1 aromatic carbocycles. The zero-order valence-electron chi connectivity index (χ0n) is 16.4. The smallest absolute Gasteiger partial charge is 0.319 e. The van der Waals surface area contributed by atoms with Gasteiger partial charge in [-0.1, -0.05) is 18.0 Å². The zero-order valence-corrected chi connectivity index (χ0v) is 17.1. The summed E-state index contributed by atoms with van der Waals surface area (Å²) in [4.78, 5) is 29.0. The van der Waals surface area contributed by atoms with E-state index in [0.717, 1.165) is 25.9 Å². The number of carbonyl (C=O) groups excluding carboxylic acids is 2. The molecule has 0 spiro atoms. The van der Waals surface area contributed by atoms with E-state index in [-0.39, 0.29) is 12.5 Å². The lowest BCUT2D eigenvalue weighted by atomic mass is 10.00. The monoisotopic (exact) mass is 408 g/mol. The summed E-state index contributed by atoms with van der Waals surface area (Å²) in [5.74, 6) is 0.455. The minimum Gasteiger partial charge on any atom is -0.495 e. The fourth-order valence-corrected chi connectivity index (χ4v) is 4.15. The van der Waals surface area contributed by atoms with Gasteiger partial charge < -0.3 is 25.2 Å². The van der Waals surface area contributed by atoms with Crippen molar-refractivity contribution in [2.24, 2.45) is 0 Å². The Morgan fingerprint density at radius 1 is 1.14 bits per heavy atom. The van der Waals surface area contributed by atoms with E-state index in [9.17, 15) is 9.59 Å². The molecule has 154 valence electrons. The summed E-state index contributed by atoms with van der Waals surface area (Å²) in [5, 5.41) is 5.79. The van der Waals surface area contributed by atoms with Gasteiger partial charge in [0.1, 0.15) is 5.75 Å². The second-order valence-corrected chi connectivity index (χ2v) is 7.80. The number of rotatable bonds is 5. The van der Waals surface area contributed by atoms with Crippen LogP contribution in [-0.2, 0) is 4.79 Å². The maximum Gasteiger partial charge on any atom is 0.319 e. The van der Waals surface area contributed by atoms with E-state index in [1.54, 1.807) is 18.2 Å². The number of nitrogens with one attached hydrogen (secondary N) is 2. The van der Waals surface area contributed by atoms with Gasteiger partial charge in [-0.2, -0.15) is 0 Å². The third-order valence-electron chi connectivity index (χ3n) is 5.53. The standard InChI is InChI=1S/C20H29ClN4O3/c1-28-18-6-5-15(21)13-17(18)23-20(27)22-14-19(26)25-11-7-16(8-12-25)24-9-3-2-4-10-24/h5-6,13,16H,2-4,7-12,14H2,1H3,(H2,22,23,27). The number of methoxy groups -OCH3 is 1. The Hall–Kier alpha value is -1.99. The van der Waals surface area contributed by atoms with Crippen LogP contribution in [0.25, 0.3) is 0 Å². The molecule has 2 heterocycles. The number of anilines is 1. The van der Waals surface area contributed by atoms with E-state index >= 15 is 0 Å². The topological polar surface area (TPSA) is 73.9 Å². The highest BCUT2D eigenvalue weighted by atomic mass is 35.5. The van der Waals surface area contributed by atoms with Crippen LogP contribution in [0.2, 0.25) is 5.02 Å². The summed E-state index contributed by atoms with van der Waals surface area (Å²) in [6.07, 6.45) is 5.93. The molecule has 0 bridgehead atoms. The van der Waals surface area contributed by atoms with Crippen molar-refractivity contribution in [1.82, 2.24) is 15.1 Å². The molecule has 28 heavy (non-hydrogen) atoms. The molecule has 2 N–H and O–H groups in total. The number of halogens is 1. The van der Waals surface area contributed by atoms with Crippen LogP contribution in [0.4, 0.5) is 10.5 Å². The van der Waals surface area contributed by atoms with Gasteiger partial charge in [0.2, 0.25) is 5.91 Å². The number of ether oxygens (including phenoxy) is 1. The van der Waals surface area contributed by atoms with Gasteiger partial charge in [0, 0.05) is 24.2 Å². The molecule has 0 saturated carbocycles. The highest BCUT2D eigenvalue weighted by molar-refractivity contribution is 6.31. The van der Waals surface area contributed by atoms with Gasteiger partial charge >= 0.3 is 6.03 Å². The Kier molecular flexibility index (Phi) is 7.39.